The summed E-state index contributed by atoms with van der Waals surface area (Å²) >= 11 is 3.21. The molecule has 3 heterocycles. The average molecular weight is 406 g/mol. The Morgan fingerprint density at radius 3 is 2.89 bits per heavy atom. The molecule has 0 saturated carbocycles. The minimum atomic E-state index is -0.544. The smallest absolute Gasteiger partial charge is 0.410 e. The summed E-state index contributed by atoms with van der Waals surface area (Å²) in [6.45, 7) is 6.32. The number of Topliss-reactive ketones (excluding diaryl/α,β-unsaturated/α-hetero) is 1. The number of thiophene rings is 1. The van der Waals surface area contributed by atoms with Gasteiger partial charge in [-0.1, -0.05) is 11.8 Å². The zero-order chi connectivity index (χ0) is 19.2. The number of piperidine rings is 1. The Morgan fingerprint density at radius 2 is 2.11 bits per heavy atom. The first kappa shape index (κ1) is 18.7. The molecule has 8 heteroatoms. The molecule has 4 rings (SSSR count). The molecule has 1 atom stereocenters. The molecule has 2 aromatic rings. The molecule has 2 aromatic heterocycles. The molecule has 0 radical (unpaired) electrons. The zero-order valence-electron chi connectivity index (χ0n) is 15.8. The number of ketones is 1. The molecule has 1 amide bonds. The van der Waals surface area contributed by atoms with Crippen molar-refractivity contribution in [2.24, 2.45) is 0 Å². The summed E-state index contributed by atoms with van der Waals surface area (Å²) < 4.78 is 5.47. The number of ether oxygens (including phenoxy) is 1. The van der Waals surface area contributed by atoms with Gasteiger partial charge >= 0.3 is 6.09 Å². The van der Waals surface area contributed by atoms with Gasteiger partial charge in [0, 0.05) is 29.8 Å². The number of rotatable bonds is 2. The van der Waals surface area contributed by atoms with Crippen molar-refractivity contribution in [1.82, 2.24) is 14.9 Å². The van der Waals surface area contributed by atoms with Gasteiger partial charge < -0.3 is 9.64 Å². The maximum Gasteiger partial charge on any atom is 0.410 e. The van der Waals surface area contributed by atoms with Gasteiger partial charge in [0.25, 0.3) is 0 Å². The van der Waals surface area contributed by atoms with Crippen LogP contribution in [0.3, 0.4) is 0 Å². The van der Waals surface area contributed by atoms with E-state index in [1.165, 1.54) is 28.6 Å². The van der Waals surface area contributed by atoms with Crippen LogP contribution in [0, 0.1) is 0 Å². The van der Waals surface area contributed by atoms with Crippen LogP contribution in [0.15, 0.2) is 11.4 Å². The maximum atomic E-state index is 12.5. The third-order valence-corrected chi connectivity index (χ3v) is 7.17. The number of fused-ring (bicyclic) bond motifs is 3. The highest BCUT2D eigenvalue weighted by molar-refractivity contribution is 8.00. The number of likely N-dealkylation sites (tertiary alicyclic amines) is 1. The van der Waals surface area contributed by atoms with Crippen LogP contribution >= 0.6 is 23.1 Å². The van der Waals surface area contributed by atoms with Gasteiger partial charge in [-0.2, -0.15) is 0 Å². The summed E-state index contributed by atoms with van der Waals surface area (Å²) in [5.74, 6) is 0.165. The highest BCUT2D eigenvalue weighted by Crippen LogP contribution is 2.41. The molecule has 1 unspecified atom stereocenters. The van der Waals surface area contributed by atoms with Crippen molar-refractivity contribution in [3.8, 4) is 0 Å². The third kappa shape index (κ3) is 3.82. The van der Waals surface area contributed by atoms with Crippen LogP contribution in [-0.2, 0) is 22.4 Å². The molecule has 0 spiro atoms. The molecule has 0 bridgehead atoms. The van der Waals surface area contributed by atoms with E-state index >= 15 is 0 Å². The standard InChI is InChI=1S/C19H23N3O3S2/c1-19(2,3)25-18(24)22-8-7-12(23)14(9-22)27-17-15-11-5-4-6-13(11)26-16(15)20-10-21-17/h10,14H,4-9H2,1-3H3. The number of carbonyl (C=O) groups excluding carboxylic acids is 2. The summed E-state index contributed by atoms with van der Waals surface area (Å²) in [4.78, 5) is 37.9. The normalized spacial score (nSPS) is 20.2. The van der Waals surface area contributed by atoms with E-state index in [4.69, 9.17) is 4.74 Å². The highest BCUT2D eigenvalue weighted by atomic mass is 32.2. The number of thioether (sulfide) groups is 1. The SMILES string of the molecule is CC(C)(C)OC(=O)N1CCC(=O)C(Sc2ncnc3sc4c(c23)CCC4)C1. The summed E-state index contributed by atoms with van der Waals surface area (Å²) in [6.07, 6.45) is 4.91. The predicted octanol–water partition coefficient (Wildman–Crippen LogP) is 3.85. The van der Waals surface area contributed by atoms with E-state index in [9.17, 15) is 9.59 Å². The van der Waals surface area contributed by atoms with E-state index in [-0.39, 0.29) is 17.1 Å². The van der Waals surface area contributed by atoms with Crippen LogP contribution in [0.1, 0.15) is 44.1 Å². The van der Waals surface area contributed by atoms with Crippen LogP contribution < -0.4 is 0 Å². The molecule has 0 aromatic carbocycles. The van der Waals surface area contributed by atoms with E-state index in [1.807, 2.05) is 20.8 Å². The van der Waals surface area contributed by atoms with Gasteiger partial charge in [-0.05, 0) is 45.6 Å². The summed E-state index contributed by atoms with van der Waals surface area (Å²) in [5.41, 5.74) is 0.808. The molecule has 1 aliphatic heterocycles. The molecule has 0 N–H and O–H groups in total. The monoisotopic (exact) mass is 405 g/mol. The Morgan fingerprint density at radius 1 is 1.30 bits per heavy atom. The van der Waals surface area contributed by atoms with E-state index in [2.05, 4.69) is 9.97 Å². The topological polar surface area (TPSA) is 72.4 Å². The van der Waals surface area contributed by atoms with Crippen LogP contribution in [0.4, 0.5) is 4.79 Å². The number of aryl methyl sites for hydroxylation is 2. The molecule has 1 aliphatic carbocycles. The lowest BCUT2D eigenvalue weighted by atomic mass is 10.1. The Bertz CT molecular complexity index is 903. The lowest BCUT2D eigenvalue weighted by Crippen LogP contribution is -2.47. The lowest BCUT2D eigenvalue weighted by molar-refractivity contribution is -0.120. The fourth-order valence-electron chi connectivity index (χ4n) is 3.52. The van der Waals surface area contributed by atoms with Gasteiger partial charge in [-0.25, -0.2) is 14.8 Å². The fourth-order valence-corrected chi connectivity index (χ4v) is 6.03. The molecule has 144 valence electrons. The number of hydrogen-bond donors (Lipinski definition) is 0. The highest BCUT2D eigenvalue weighted by Gasteiger charge is 2.34. The minimum Gasteiger partial charge on any atom is -0.444 e. The summed E-state index contributed by atoms with van der Waals surface area (Å²) in [5, 5.41) is 1.66. The zero-order valence-corrected chi connectivity index (χ0v) is 17.4. The van der Waals surface area contributed by atoms with Crippen molar-refractivity contribution in [3.05, 3.63) is 16.8 Å². The Hall–Kier alpha value is -1.67. The van der Waals surface area contributed by atoms with Crippen LogP contribution in [0.5, 0.6) is 0 Å². The molecule has 1 saturated heterocycles. The van der Waals surface area contributed by atoms with Crippen LogP contribution in [0.25, 0.3) is 10.2 Å². The Labute approximate surface area is 166 Å². The van der Waals surface area contributed by atoms with Gasteiger partial charge in [0.05, 0.1) is 5.25 Å². The maximum absolute atomic E-state index is 12.5. The third-order valence-electron chi connectivity index (χ3n) is 4.75. The van der Waals surface area contributed by atoms with Crippen molar-refractivity contribution < 1.29 is 14.3 Å². The van der Waals surface area contributed by atoms with Gasteiger partial charge in [-0.15, -0.1) is 11.3 Å². The van der Waals surface area contributed by atoms with Crippen molar-refractivity contribution in [2.75, 3.05) is 13.1 Å². The first-order chi connectivity index (χ1) is 12.8. The lowest BCUT2D eigenvalue weighted by Gasteiger charge is -2.33. The van der Waals surface area contributed by atoms with Crippen molar-refractivity contribution in [1.29, 1.82) is 0 Å². The van der Waals surface area contributed by atoms with Crippen molar-refractivity contribution >= 4 is 45.2 Å². The largest absolute Gasteiger partial charge is 0.444 e. The molecule has 2 aliphatic rings. The van der Waals surface area contributed by atoms with Gasteiger partial charge in [0.2, 0.25) is 0 Å². The van der Waals surface area contributed by atoms with Gasteiger partial charge in [0.1, 0.15) is 27.6 Å². The predicted molar refractivity (Wildman–Crippen MR) is 107 cm³/mol. The van der Waals surface area contributed by atoms with E-state index in [0.29, 0.717) is 19.5 Å². The van der Waals surface area contributed by atoms with Gasteiger partial charge in [-0.3, -0.25) is 4.79 Å². The number of hydrogen-bond acceptors (Lipinski definition) is 7. The molecular weight excluding hydrogens is 382 g/mol. The number of aromatic nitrogens is 2. The Balaban J connectivity index is 1.56. The summed E-state index contributed by atoms with van der Waals surface area (Å²) in [7, 11) is 0. The number of nitrogens with zero attached hydrogens (tertiary/aromatic N) is 3. The second-order valence-corrected chi connectivity index (χ2v) is 10.2. The fraction of sp³-hybridized carbons (Fsp3) is 0.579. The van der Waals surface area contributed by atoms with Crippen LogP contribution in [-0.4, -0.2) is 50.7 Å². The number of amides is 1. The summed E-state index contributed by atoms with van der Waals surface area (Å²) in [6, 6.07) is 0. The van der Waals surface area contributed by atoms with E-state index < -0.39 is 5.60 Å². The molecule has 6 nitrogen and oxygen atoms in total. The minimum absolute atomic E-state index is 0.165. The molecular formula is C19H23N3O3S2. The first-order valence-electron chi connectivity index (χ1n) is 9.24. The quantitative estimate of drug-likeness (QED) is 0.707. The second kappa shape index (κ2) is 7.05. The molecule has 1 fully saturated rings. The first-order valence-corrected chi connectivity index (χ1v) is 10.9. The number of carbonyl (C=O) groups is 2. The van der Waals surface area contributed by atoms with Crippen molar-refractivity contribution in [3.63, 3.8) is 0 Å². The van der Waals surface area contributed by atoms with E-state index in [0.717, 1.165) is 28.1 Å². The van der Waals surface area contributed by atoms with Crippen molar-refractivity contribution in [2.45, 2.75) is 62.3 Å². The van der Waals surface area contributed by atoms with Gasteiger partial charge in [0.15, 0.2) is 0 Å². The Kier molecular flexibility index (Phi) is 4.88. The van der Waals surface area contributed by atoms with E-state index in [1.54, 1.807) is 22.6 Å². The average Bonchev–Trinajstić information content (AvgIpc) is 3.16. The van der Waals surface area contributed by atoms with Crippen LogP contribution in [0.2, 0.25) is 0 Å². The second-order valence-electron chi connectivity index (χ2n) is 7.97. The molecule has 27 heavy (non-hydrogen) atoms.